The number of hydrogen-bond acceptors (Lipinski definition) is 5. The summed E-state index contributed by atoms with van der Waals surface area (Å²) in [6.45, 7) is 10.7. The van der Waals surface area contributed by atoms with Gasteiger partial charge in [-0.1, -0.05) is 0 Å². The molecule has 1 fully saturated rings. The highest BCUT2D eigenvalue weighted by atomic mass is 15.4. The number of hydrogen-bond donors (Lipinski definition) is 0. The molecule has 0 saturated carbocycles. The summed E-state index contributed by atoms with van der Waals surface area (Å²) in [5.74, 6) is 1.62. The number of aromatic nitrogens is 4. The lowest BCUT2D eigenvalue weighted by molar-refractivity contribution is 0.335. The second kappa shape index (κ2) is 7.30. The van der Waals surface area contributed by atoms with Crippen molar-refractivity contribution in [3.05, 3.63) is 29.2 Å². The summed E-state index contributed by atoms with van der Waals surface area (Å²) in [5.41, 5.74) is 3.01. The summed E-state index contributed by atoms with van der Waals surface area (Å²) < 4.78 is 1.82. The number of likely N-dealkylation sites (tertiary alicyclic amines) is 1. The molecule has 6 heteroatoms. The van der Waals surface area contributed by atoms with Gasteiger partial charge in [-0.05, 0) is 65.7 Å². The van der Waals surface area contributed by atoms with Crippen LogP contribution in [0.25, 0.3) is 5.95 Å². The predicted molar refractivity (Wildman–Crippen MR) is 96.9 cm³/mol. The van der Waals surface area contributed by atoms with E-state index in [1.807, 2.05) is 37.6 Å². The van der Waals surface area contributed by atoms with Crippen molar-refractivity contribution in [3.63, 3.8) is 0 Å². The van der Waals surface area contributed by atoms with Gasteiger partial charge in [0, 0.05) is 31.0 Å². The van der Waals surface area contributed by atoms with Crippen LogP contribution in [0.1, 0.15) is 36.3 Å². The third-order valence-corrected chi connectivity index (χ3v) is 4.59. The summed E-state index contributed by atoms with van der Waals surface area (Å²) in [6.07, 6.45) is 3.87. The average molecular weight is 328 g/mol. The summed E-state index contributed by atoms with van der Waals surface area (Å²) in [7, 11) is 2.11. The second-order valence-corrected chi connectivity index (χ2v) is 6.83. The molecular formula is C18H28N6. The molecular weight excluding hydrogens is 300 g/mol. The van der Waals surface area contributed by atoms with E-state index in [0.29, 0.717) is 5.95 Å². The Labute approximate surface area is 144 Å². The van der Waals surface area contributed by atoms with Crippen LogP contribution in [0.2, 0.25) is 0 Å². The van der Waals surface area contributed by atoms with E-state index < -0.39 is 0 Å². The van der Waals surface area contributed by atoms with Crippen molar-refractivity contribution >= 4 is 5.82 Å². The van der Waals surface area contributed by atoms with E-state index in [1.165, 1.54) is 32.5 Å². The molecule has 2 aromatic heterocycles. The summed E-state index contributed by atoms with van der Waals surface area (Å²) >= 11 is 0. The lowest BCUT2D eigenvalue weighted by Crippen LogP contribution is -2.27. The molecule has 0 unspecified atom stereocenters. The first-order chi connectivity index (χ1) is 11.5. The molecule has 2 aromatic rings. The first-order valence-electron chi connectivity index (χ1n) is 8.86. The van der Waals surface area contributed by atoms with Crippen LogP contribution in [0.5, 0.6) is 0 Å². The topological polar surface area (TPSA) is 50.1 Å². The fourth-order valence-electron chi connectivity index (χ4n) is 3.31. The Morgan fingerprint density at radius 1 is 1.04 bits per heavy atom. The van der Waals surface area contributed by atoms with Gasteiger partial charge < -0.3 is 9.80 Å². The lowest BCUT2D eigenvalue weighted by Gasteiger charge is -2.21. The molecule has 0 aliphatic carbocycles. The Bertz CT molecular complexity index is 687. The first-order valence-corrected chi connectivity index (χ1v) is 8.86. The van der Waals surface area contributed by atoms with Crippen LogP contribution in [0, 0.1) is 20.8 Å². The van der Waals surface area contributed by atoms with Gasteiger partial charge in [0.25, 0.3) is 5.95 Å². The van der Waals surface area contributed by atoms with E-state index in [9.17, 15) is 0 Å². The molecule has 0 bridgehead atoms. The van der Waals surface area contributed by atoms with Gasteiger partial charge in [-0.15, -0.1) is 0 Å². The third kappa shape index (κ3) is 3.93. The minimum absolute atomic E-state index is 0.655. The van der Waals surface area contributed by atoms with E-state index in [2.05, 4.69) is 26.9 Å². The van der Waals surface area contributed by atoms with Gasteiger partial charge in [0.15, 0.2) is 0 Å². The maximum Gasteiger partial charge on any atom is 0.252 e. The predicted octanol–water partition coefficient (Wildman–Crippen LogP) is 2.51. The van der Waals surface area contributed by atoms with Crippen LogP contribution in [0.4, 0.5) is 5.82 Å². The van der Waals surface area contributed by atoms with Gasteiger partial charge in [-0.3, -0.25) is 0 Å². The highest BCUT2D eigenvalue weighted by molar-refractivity contribution is 5.41. The van der Waals surface area contributed by atoms with Gasteiger partial charge in [-0.25, -0.2) is 9.67 Å². The fraction of sp³-hybridized carbons (Fsp3) is 0.611. The number of anilines is 1. The number of aryl methyl sites for hydroxylation is 3. The minimum Gasteiger partial charge on any atom is -0.359 e. The van der Waals surface area contributed by atoms with E-state index >= 15 is 0 Å². The molecule has 1 aliphatic heterocycles. The first kappa shape index (κ1) is 16.9. The minimum atomic E-state index is 0.655. The van der Waals surface area contributed by atoms with Crippen LogP contribution in [-0.4, -0.2) is 57.9 Å². The van der Waals surface area contributed by atoms with Crippen LogP contribution in [-0.2, 0) is 0 Å². The maximum absolute atomic E-state index is 4.73. The highest BCUT2D eigenvalue weighted by Gasteiger charge is 2.13. The average Bonchev–Trinajstić information content (AvgIpc) is 3.16. The largest absolute Gasteiger partial charge is 0.359 e. The molecule has 0 aromatic carbocycles. The molecule has 3 heterocycles. The van der Waals surface area contributed by atoms with Crippen molar-refractivity contribution < 1.29 is 0 Å². The van der Waals surface area contributed by atoms with Crippen molar-refractivity contribution in [2.24, 2.45) is 0 Å². The van der Waals surface area contributed by atoms with Gasteiger partial charge >= 0.3 is 0 Å². The van der Waals surface area contributed by atoms with Crippen LogP contribution in [0.3, 0.4) is 0 Å². The van der Waals surface area contributed by atoms with E-state index in [-0.39, 0.29) is 0 Å². The molecule has 6 nitrogen and oxygen atoms in total. The Morgan fingerprint density at radius 3 is 2.46 bits per heavy atom. The molecule has 3 rings (SSSR count). The molecule has 0 atom stereocenters. The molecule has 0 radical (unpaired) electrons. The van der Waals surface area contributed by atoms with Gasteiger partial charge in [0.05, 0.1) is 5.69 Å². The zero-order valence-corrected chi connectivity index (χ0v) is 15.3. The summed E-state index contributed by atoms with van der Waals surface area (Å²) in [6, 6.07) is 4.09. The fourth-order valence-corrected chi connectivity index (χ4v) is 3.31. The quantitative estimate of drug-likeness (QED) is 0.815. The smallest absolute Gasteiger partial charge is 0.252 e. The second-order valence-electron chi connectivity index (χ2n) is 6.83. The van der Waals surface area contributed by atoms with Gasteiger partial charge in [-0.2, -0.15) is 10.1 Å². The Balaban J connectivity index is 1.69. The highest BCUT2D eigenvalue weighted by Crippen LogP contribution is 2.16. The summed E-state index contributed by atoms with van der Waals surface area (Å²) in [4.78, 5) is 14.1. The monoisotopic (exact) mass is 328 g/mol. The Hall–Kier alpha value is -1.95. The lowest BCUT2D eigenvalue weighted by atomic mass is 10.3. The van der Waals surface area contributed by atoms with E-state index in [0.717, 1.165) is 35.9 Å². The van der Waals surface area contributed by atoms with Crippen LogP contribution in [0.15, 0.2) is 12.1 Å². The standard InChI is InChI=1S/C18H28N6/c1-14-13-17(22(4)8-7-11-23-9-5-6-10-23)20-18(19-14)24-16(3)12-15(2)21-24/h12-13H,5-11H2,1-4H3. The SMILES string of the molecule is Cc1cc(N(C)CCCN2CCCC2)nc(-n2nc(C)cc2C)n1. The molecule has 24 heavy (non-hydrogen) atoms. The van der Waals surface area contributed by atoms with Crippen molar-refractivity contribution in [1.82, 2.24) is 24.6 Å². The number of nitrogens with zero attached hydrogens (tertiary/aromatic N) is 6. The zero-order valence-electron chi connectivity index (χ0n) is 15.3. The molecule has 130 valence electrons. The van der Waals surface area contributed by atoms with Crippen LogP contribution >= 0.6 is 0 Å². The van der Waals surface area contributed by atoms with Crippen molar-refractivity contribution in [2.45, 2.75) is 40.0 Å². The zero-order chi connectivity index (χ0) is 17.1. The Kier molecular flexibility index (Phi) is 5.14. The number of rotatable bonds is 6. The Morgan fingerprint density at radius 2 is 1.79 bits per heavy atom. The van der Waals surface area contributed by atoms with E-state index in [1.54, 1.807) is 0 Å². The molecule has 1 saturated heterocycles. The maximum atomic E-state index is 4.73. The van der Waals surface area contributed by atoms with Gasteiger partial charge in [0.1, 0.15) is 5.82 Å². The molecule has 1 aliphatic rings. The van der Waals surface area contributed by atoms with Crippen molar-refractivity contribution in [2.75, 3.05) is 38.1 Å². The molecule has 0 N–H and O–H groups in total. The summed E-state index contributed by atoms with van der Waals surface area (Å²) in [5, 5.41) is 4.50. The van der Waals surface area contributed by atoms with Crippen LogP contribution < -0.4 is 4.90 Å². The van der Waals surface area contributed by atoms with E-state index in [4.69, 9.17) is 4.98 Å². The molecule has 0 spiro atoms. The van der Waals surface area contributed by atoms with Crippen molar-refractivity contribution in [1.29, 1.82) is 0 Å². The normalized spacial score (nSPS) is 15.2. The third-order valence-electron chi connectivity index (χ3n) is 4.59. The van der Waals surface area contributed by atoms with Crippen molar-refractivity contribution in [3.8, 4) is 5.95 Å². The molecule has 0 amide bonds. The van der Waals surface area contributed by atoms with Gasteiger partial charge in [0.2, 0.25) is 0 Å².